The van der Waals surface area contributed by atoms with E-state index in [0.29, 0.717) is 0 Å². The highest BCUT2D eigenvalue weighted by atomic mass is 32.2. The number of anilines is 1. The number of benzene rings is 2. The van der Waals surface area contributed by atoms with Crippen molar-refractivity contribution in [2.24, 2.45) is 0 Å². The molecule has 106 valence electrons. The van der Waals surface area contributed by atoms with Crippen LogP contribution in [-0.2, 0) is 5.75 Å². The van der Waals surface area contributed by atoms with Gasteiger partial charge >= 0.3 is 0 Å². The van der Waals surface area contributed by atoms with Crippen LogP contribution < -0.4 is 5.73 Å². The molecule has 0 saturated heterocycles. The molecule has 0 radical (unpaired) electrons. The summed E-state index contributed by atoms with van der Waals surface area (Å²) >= 11 is 1.77. The Morgan fingerprint density at radius 1 is 1.10 bits per heavy atom. The van der Waals surface area contributed by atoms with Crippen molar-refractivity contribution < 1.29 is 0 Å². The maximum absolute atomic E-state index is 6.10. The van der Waals surface area contributed by atoms with Gasteiger partial charge in [-0.3, -0.25) is 0 Å². The molecule has 0 saturated carbocycles. The highest BCUT2D eigenvalue weighted by Crippen LogP contribution is 2.30. The molecule has 0 amide bonds. The van der Waals surface area contributed by atoms with Crippen LogP contribution in [0.2, 0.25) is 0 Å². The van der Waals surface area contributed by atoms with Gasteiger partial charge in [-0.25, -0.2) is 4.68 Å². The second-order valence-corrected chi connectivity index (χ2v) is 5.91. The summed E-state index contributed by atoms with van der Waals surface area (Å²) in [7, 11) is 0. The van der Waals surface area contributed by atoms with Gasteiger partial charge in [-0.05, 0) is 42.3 Å². The largest absolute Gasteiger partial charge is 0.398 e. The van der Waals surface area contributed by atoms with Gasteiger partial charge in [0.1, 0.15) is 0 Å². The minimum Gasteiger partial charge on any atom is -0.398 e. The molecule has 0 aliphatic rings. The zero-order valence-electron chi connectivity index (χ0n) is 11.9. The first-order valence-corrected chi connectivity index (χ1v) is 7.79. The van der Waals surface area contributed by atoms with E-state index in [9.17, 15) is 0 Å². The van der Waals surface area contributed by atoms with Crippen molar-refractivity contribution in [2.45, 2.75) is 17.6 Å². The summed E-state index contributed by atoms with van der Waals surface area (Å²) in [5.74, 6) is 0.910. The molecule has 0 fully saturated rings. The Bertz CT molecular complexity index is 718. The molecule has 0 spiro atoms. The van der Waals surface area contributed by atoms with E-state index in [4.69, 9.17) is 5.73 Å². The summed E-state index contributed by atoms with van der Waals surface area (Å²) in [6, 6.07) is 16.5. The van der Waals surface area contributed by atoms with Gasteiger partial charge in [-0.15, -0.1) is 11.8 Å². The third kappa shape index (κ3) is 3.11. The fraction of sp³-hybridized carbons (Fsp3) is 0.118. The number of nitrogens with two attached hydrogens (primary N) is 1. The maximum atomic E-state index is 6.10. The number of aryl methyl sites for hydroxylation is 1. The summed E-state index contributed by atoms with van der Waals surface area (Å²) in [5, 5.41) is 4.23. The Morgan fingerprint density at radius 3 is 2.62 bits per heavy atom. The van der Waals surface area contributed by atoms with E-state index in [1.54, 1.807) is 18.0 Å². The number of para-hydroxylation sites is 1. The van der Waals surface area contributed by atoms with Crippen LogP contribution in [0.4, 0.5) is 5.69 Å². The molecule has 3 rings (SSSR count). The summed E-state index contributed by atoms with van der Waals surface area (Å²) in [6.07, 6.45) is 3.72. The lowest BCUT2D eigenvalue weighted by Gasteiger charge is -2.08. The van der Waals surface area contributed by atoms with Crippen molar-refractivity contribution in [1.29, 1.82) is 0 Å². The van der Waals surface area contributed by atoms with Gasteiger partial charge < -0.3 is 5.73 Å². The zero-order chi connectivity index (χ0) is 14.7. The molecule has 0 aliphatic carbocycles. The van der Waals surface area contributed by atoms with Crippen molar-refractivity contribution in [3.8, 4) is 5.69 Å². The lowest BCUT2D eigenvalue weighted by atomic mass is 10.2. The smallest absolute Gasteiger partial charge is 0.0645 e. The van der Waals surface area contributed by atoms with E-state index in [0.717, 1.165) is 27.6 Å². The Balaban J connectivity index is 1.70. The molecule has 2 aromatic carbocycles. The SMILES string of the molecule is Cc1cccc(SCc2ccc(-n3cccn3)cc2)c1N. The van der Waals surface area contributed by atoms with Crippen LogP contribution >= 0.6 is 11.8 Å². The van der Waals surface area contributed by atoms with Crippen molar-refractivity contribution in [1.82, 2.24) is 9.78 Å². The highest BCUT2D eigenvalue weighted by Gasteiger charge is 2.03. The van der Waals surface area contributed by atoms with Crippen LogP contribution in [0.15, 0.2) is 65.8 Å². The minimum absolute atomic E-state index is 0.885. The monoisotopic (exact) mass is 295 g/mol. The number of aromatic nitrogens is 2. The van der Waals surface area contributed by atoms with Gasteiger partial charge in [-0.2, -0.15) is 5.10 Å². The molecular weight excluding hydrogens is 278 g/mol. The second kappa shape index (κ2) is 6.06. The van der Waals surface area contributed by atoms with E-state index in [1.807, 2.05) is 29.9 Å². The molecule has 2 N–H and O–H groups in total. The predicted molar refractivity (Wildman–Crippen MR) is 88.7 cm³/mol. The minimum atomic E-state index is 0.885. The van der Waals surface area contributed by atoms with Crippen LogP contribution in [0.3, 0.4) is 0 Å². The summed E-state index contributed by atoms with van der Waals surface area (Å²) in [5.41, 5.74) is 10.5. The third-order valence-corrected chi connectivity index (χ3v) is 4.53. The van der Waals surface area contributed by atoms with Crippen LogP contribution in [0.1, 0.15) is 11.1 Å². The van der Waals surface area contributed by atoms with Gasteiger partial charge in [0.15, 0.2) is 0 Å². The Morgan fingerprint density at radius 2 is 1.90 bits per heavy atom. The summed E-state index contributed by atoms with van der Waals surface area (Å²) in [6.45, 7) is 2.04. The summed E-state index contributed by atoms with van der Waals surface area (Å²) < 4.78 is 1.86. The Labute approximate surface area is 128 Å². The van der Waals surface area contributed by atoms with Gasteiger partial charge in [0.2, 0.25) is 0 Å². The first-order valence-electron chi connectivity index (χ1n) is 6.81. The lowest BCUT2D eigenvalue weighted by Crippen LogP contribution is -1.94. The average Bonchev–Trinajstić information content (AvgIpc) is 3.04. The average molecular weight is 295 g/mol. The molecule has 4 heteroatoms. The molecule has 1 heterocycles. The molecule has 0 bridgehead atoms. The topological polar surface area (TPSA) is 43.8 Å². The summed E-state index contributed by atoms with van der Waals surface area (Å²) in [4.78, 5) is 1.14. The van der Waals surface area contributed by atoms with Gasteiger partial charge in [0, 0.05) is 28.7 Å². The van der Waals surface area contributed by atoms with E-state index in [2.05, 4.69) is 41.5 Å². The number of rotatable bonds is 4. The molecule has 0 unspecified atom stereocenters. The molecular formula is C17H17N3S. The van der Waals surface area contributed by atoms with Crippen molar-refractivity contribution in [2.75, 3.05) is 5.73 Å². The second-order valence-electron chi connectivity index (χ2n) is 4.89. The third-order valence-electron chi connectivity index (χ3n) is 3.38. The lowest BCUT2D eigenvalue weighted by molar-refractivity contribution is 0.880. The molecule has 1 aromatic heterocycles. The first kappa shape index (κ1) is 13.8. The van der Waals surface area contributed by atoms with Crippen LogP contribution in [-0.4, -0.2) is 9.78 Å². The van der Waals surface area contributed by atoms with Crippen molar-refractivity contribution in [3.05, 3.63) is 72.1 Å². The Hall–Kier alpha value is -2.20. The molecule has 3 nitrogen and oxygen atoms in total. The molecule has 0 aliphatic heterocycles. The van der Waals surface area contributed by atoms with Crippen LogP contribution in [0.5, 0.6) is 0 Å². The van der Waals surface area contributed by atoms with Crippen LogP contribution in [0.25, 0.3) is 5.69 Å². The van der Waals surface area contributed by atoms with E-state index >= 15 is 0 Å². The van der Waals surface area contributed by atoms with Gasteiger partial charge in [-0.1, -0.05) is 24.3 Å². The Kier molecular flexibility index (Phi) is 3.97. The first-order chi connectivity index (χ1) is 10.2. The van der Waals surface area contributed by atoms with E-state index < -0.39 is 0 Å². The normalized spacial score (nSPS) is 10.7. The number of thioether (sulfide) groups is 1. The van der Waals surface area contributed by atoms with Crippen LogP contribution in [0, 0.1) is 6.92 Å². The highest BCUT2D eigenvalue weighted by molar-refractivity contribution is 7.98. The molecule has 0 atom stereocenters. The fourth-order valence-electron chi connectivity index (χ4n) is 2.11. The van der Waals surface area contributed by atoms with E-state index in [-0.39, 0.29) is 0 Å². The van der Waals surface area contributed by atoms with Crippen molar-refractivity contribution in [3.63, 3.8) is 0 Å². The zero-order valence-corrected chi connectivity index (χ0v) is 12.7. The standard InChI is InChI=1S/C17H17N3S/c1-13-4-2-5-16(17(13)18)21-12-14-6-8-15(9-7-14)20-11-3-10-19-20/h2-11H,12,18H2,1H3. The fourth-order valence-corrected chi connectivity index (χ4v) is 3.11. The molecule has 21 heavy (non-hydrogen) atoms. The molecule has 3 aromatic rings. The predicted octanol–water partition coefficient (Wildman–Crippen LogP) is 4.06. The van der Waals surface area contributed by atoms with Gasteiger partial charge in [0.05, 0.1) is 5.69 Å². The van der Waals surface area contributed by atoms with Crippen molar-refractivity contribution >= 4 is 17.4 Å². The quantitative estimate of drug-likeness (QED) is 0.583. The maximum Gasteiger partial charge on any atom is 0.0645 e. The van der Waals surface area contributed by atoms with E-state index in [1.165, 1.54) is 5.56 Å². The number of nitrogens with zero attached hydrogens (tertiary/aromatic N) is 2. The number of hydrogen-bond acceptors (Lipinski definition) is 3. The van der Waals surface area contributed by atoms with Gasteiger partial charge in [0.25, 0.3) is 0 Å². The number of nitrogen functional groups attached to an aromatic ring is 1. The number of hydrogen-bond donors (Lipinski definition) is 1.